The Labute approximate surface area is 182 Å². The highest BCUT2D eigenvalue weighted by Gasteiger charge is 2.24. The number of carbonyl (C=O) groups is 1. The van der Waals surface area contributed by atoms with Gasteiger partial charge in [-0.05, 0) is 55.8 Å². The van der Waals surface area contributed by atoms with E-state index in [1.165, 1.54) is 23.9 Å². The van der Waals surface area contributed by atoms with Gasteiger partial charge in [-0.3, -0.25) is 9.69 Å². The molecule has 2 aromatic carbocycles. The fraction of sp³-hybridized carbons (Fsp3) is 0.300. The first-order valence-electron chi connectivity index (χ1n) is 8.90. The summed E-state index contributed by atoms with van der Waals surface area (Å²) in [6.07, 6.45) is 2.91. The van der Waals surface area contributed by atoms with Crippen molar-refractivity contribution in [3.05, 3.63) is 62.0 Å². The van der Waals surface area contributed by atoms with Gasteiger partial charge in [-0.1, -0.05) is 51.3 Å². The molecule has 0 aliphatic carbocycles. The van der Waals surface area contributed by atoms with Gasteiger partial charge in [-0.25, -0.2) is 5.43 Å². The Morgan fingerprint density at radius 1 is 1.25 bits per heavy atom. The number of piperidine rings is 1. The molecule has 0 aromatic heterocycles. The number of phenolic OH excluding ortho intramolecular Hbond substituents is 1. The Bertz CT molecular complexity index is 866. The summed E-state index contributed by atoms with van der Waals surface area (Å²) < 4.78 is 1.07. The summed E-state index contributed by atoms with van der Waals surface area (Å²) in [6, 6.07) is 11.3. The van der Waals surface area contributed by atoms with E-state index in [1.54, 1.807) is 0 Å². The van der Waals surface area contributed by atoms with Gasteiger partial charge in [0.1, 0.15) is 5.75 Å². The zero-order valence-corrected chi connectivity index (χ0v) is 18.1. The lowest BCUT2D eigenvalue weighted by Gasteiger charge is -2.30. The van der Waals surface area contributed by atoms with Gasteiger partial charge in [-0.2, -0.15) is 5.10 Å². The number of amides is 1. The molecule has 5 nitrogen and oxygen atoms in total. The molecule has 2 aromatic rings. The van der Waals surface area contributed by atoms with E-state index in [0.717, 1.165) is 36.9 Å². The van der Waals surface area contributed by atoms with Crippen LogP contribution in [0.3, 0.4) is 0 Å². The number of rotatable bonds is 5. The fourth-order valence-electron chi connectivity index (χ4n) is 3.14. The van der Waals surface area contributed by atoms with Crippen LogP contribution in [0.2, 0.25) is 10.0 Å². The van der Waals surface area contributed by atoms with Crippen molar-refractivity contribution in [3.63, 3.8) is 0 Å². The van der Waals surface area contributed by atoms with Gasteiger partial charge in [0.15, 0.2) is 0 Å². The van der Waals surface area contributed by atoms with Crippen molar-refractivity contribution in [3.8, 4) is 5.75 Å². The topological polar surface area (TPSA) is 64.9 Å². The maximum atomic E-state index is 12.3. The summed E-state index contributed by atoms with van der Waals surface area (Å²) >= 11 is 15.2. The number of hydrogen-bond donors (Lipinski definition) is 2. The average Bonchev–Trinajstić information content (AvgIpc) is 2.68. The van der Waals surface area contributed by atoms with Crippen LogP contribution >= 0.6 is 39.1 Å². The number of phenols is 1. The number of likely N-dealkylation sites (tertiary alicyclic amines) is 1. The molecule has 148 valence electrons. The first kappa shape index (κ1) is 21.1. The van der Waals surface area contributed by atoms with Crippen LogP contribution in [-0.4, -0.2) is 35.2 Å². The van der Waals surface area contributed by atoms with E-state index in [2.05, 4.69) is 43.5 Å². The number of nitrogens with zero attached hydrogens (tertiary/aromatic N) is 2. The maximum absolute atomic E-state index is 12.3. The predicted octanol–water partition coefficient (Wildman–Crippen LogP) is 4.82. The molecule has 2 N–H and O–H groups in total. The smallest absolute Gasteiger partial charge is 0.243 e. The summed E-state index contributed by atoms with van der Waals surface area (Å²) in [5, 5.41) is 14.4. The number of hydrazone groups is 1. The van der Waals surface area contributed by atoms with Gasteiger partial charge in [0.2, 0.25) is 5.91 Å². The highest BCUT2D eigenvalue weighted by atomic mass is 79.9. The highest BCUT2D eigenvalue weighted by molar-refractivity contribution is 9.10. The zero-order chi connectivity index (χ0) is 20.1. The number of nitrogens with one attached hydrogen (secondary N) is 1. The minimum atomic E-state index is -0.120. The highest BCUT2D eigenvalue weighted by Crippen LogP contribution is 2.30. The van der Waals surface area contributed by atoms with E-state index in [9.17, 15) is 9.90 Å². The van der Waals surface area contributed by atoms with Crippen molar-refractivity contribution in [1.29, 1.82) is 0 Å². The second-order valence-electron chi connectivity index (χ2n) is 6.74. The molecule has 0 unspecified atom stereocenters. The number of halogens is 3. The lowest BCUT2D eigenvalue weighted by Crippen LogP contribution is -2.39. The minimum absolute atomic E-state index is 0.0742. The monoisotopic (exact) mass is 483 g/mol. The third-order valence-electron chi connectivity index (χ3n) is 4.71. The maximum Gasteiger partial charge on any atom is 0.243 e. The molecule has 1 amide bonds. The van der Waals surface area contributed by atoms with Gasteiger partial charge in [0, 0.05) is 27.5 Å². The van der Waals surface area contributed by atoms with Crippen LogP contribution in [0.4, 0.5) is 0 Å². The predicted molar refractivity (Wildman–Crippen MR) is 116 cm³/mol. The molecule has 3 rings (SSSR count). The van der Waals surface area contributed by atoms with Crippen LogP contribution in [0.1, 0.15) is 24.0 Å². The van der Waals surface area contributed by atoms with Crippen molar-refractivity contribution in [2.24, 2.45) is 11.0 Å². The van der Waals surface area contributed by atoms with Crippen molar-refractivity contribution in [1.82, 2.24) is 10.3 Å². The van der Waals surface area contributed by atoms with E-state index in [4.69, 9.17) is 23.2 Å². The van der Waals surface area contributed by atoms with E-state index in [0.29, 0.717) is 10.6 Å². The second-order valence-corrected chi connectivity index (χ2v) is 8.50. The van der Waals surface area contributed by atoms with E-state index < -0.39 is 0 Å². The molecule has 1 saturated heterocycles. The molecule has 0 radical (unpaired) electrons. The summed E-state index contributed by atoms with van der Waals surface area (Å²) in [5.74, 6) is -0.313. The van der Waals surface area contributed by atoms with Crippen molar-refractivity contribution >= 4 is 51.3 Å². The first-order valence-corrected chi connectivity index (χ1v) is 10.4. The molecular formula is C20H20BrCl2N3O2. The second kappa shape index (κ2) is 9.74. The Morgan fingerprint density at radius 2 is 1.93 bits per heavy atom. The summed E-state index contributed by atoms with van der Waals surface area (Å²) in [4.78, 5) is 14.7. The summed E-state index contributed by atoms with van der Waals surface area (Å²) in [7, 11) is 0. The van der Waals surface area contributed by atoms with E-state index >= 15 is 0 Å². The molecule has 0 spiro atoms. The summed E-state index contributed by atoms with van der Waals surface area (Å²) in [6.45, 7) is 2.61. The minimum Gasteiger partial charge on any atom is -0.506 e. The Hall–Kier alpha value is -1.60. The number of hydrogen-bond acceptors (Lipinski definition) is 4. The lowest BCUT2D eigenvalue weighted by molar-refractivity contribution is -0.126. The van der Waals surface area contributed by atoms with Gasteiger partial charge in [-0.15, -0.1) is 0 Å². The van der Waals surface area contributed by atoms with Crippen molar-refractivity contribution < 1.29 is 9.90 Å². The van der Waals surface area contributed by atoms with Crippen LogP contribution in [0.5, 0.6) is 5.75 Å². The molecule has 0 atom stereocenters. The van der Waals surface area contributed by atoms with E-state index in [-0.39, 0.29) is 22.6 Å². The largest absolute Gasteiger partial charge is 0.506 e. The normalized spacial score (nSPS) is 15.8. The molecular weight excluding hydrogens is 465 g/mol. The molecule has 0 saturated carbocycles. The fourth-order valence-corrected chi connectivity index (χ4v) is 3.92. The van der Waals surface area contributed by atoms with Crippen LogP contribution in [0, 0.1) is 5.92 Å². The average molecular weight is 485 g/mol. The van der Waals surface area contributed by atoms with Gasteiger partial charge < -0.3 is 5.11 Å². The molecule has 1 heterocycles. The van der Waals surface area contributed by atoms with Crippen molar-refractivity contribution in [2.75, 3.05) is 13.1 Å². The number of benzene rings is 2. The number of aromatic hydroxyl groups is 1. The van der Waals surface area contributed by atoms with Crippen molar-refractivity contribution in [2.45, 2.75) is 19.4 Å². The lowest BCUT2D eigenvalue weighted by atomic mass is 9.96. The van der Waals surface area contributed by atoms with Crippen LogP contribution in [-0.2, 0) is 11.3 Å². The number of carbonyl (C=O) groups excluding carboxylic acids is 1. The third kappa shape index (κ3) is 5.70. The Kier molecular flexibility index (Phi) is 7.35. The molecule has 1 aliphatic heterocycles. The van der Waals surface area contributed by atoms with E-state index in [1.807, 2.05) is 12.1 Å². The quantitative estimate of drug-likeness (QED) is 0.472. The molecule has 1 aliphatic rings. The molecule has 28 heavy (non-hydrogen) atoms. The van der Waals surface area contributed by atoms with Gasteiger partial charge >= 0.3 is 0 Å². The molecule has 8 heteroatoms. The summed E-state index contributed by atoms with van der Waals surface area (Å²) in [5.41, 5.74) is 4.16. The Balaban J connectivity index is 1.48. The van der Waals surface area contributed by atoms with Crippen LogP contribution < -0.4 is 5.43 Å². The van der Waals surface area contributed by atoms with Crippen LogP contribution in [0.25, 0.3) is 0 Å². The first-order chi connectivity index (χ1) is 13.4. The van der Waals surface area contributed by atoms with Gasteiger partial charge in [0.25, 0.3) is 0 Å². The molecule has 0 bridgehead atoms. The van der Waals surface area contributed by atoms with Gasteiger partial charge in [0.05, 0.1) is 11.2 Å². The Morgan fingerprint density at radius 3 is 2.61 bits per heavy atom. The van der Waals surface area contributed by atoms with Crippen LogP contribution in [0.15, 0.2) is 46.0 Å². The standard InChI is InChI=1S/C20H20BrCl2N3O2/c21-16-3-1-13(2-4-16)12-26-7-5-14(6-8-26)20(28)25-24-11-15-9-17(22)10-18(23)19(15)27/h1-4,9-11,14,27H,5-8,12H2,(H,25,28). The molecule has 1 fully saturated rings. The SMILES string of the molecule is O=C(NN=Cc1cc(Cl)cc(Cl)c1O)C1CCN(Cc2ccc(Br)cc2)CC1. The third-order valence-corrected chi connectivity index (χ3v) is 5.75. The zero-order valence-electron chi connectivity index (χ0n) is 15.0.